The number of allylic oxidation sites excluding steroid dienone is 1. The molecule has 3 saturated carbocycles. The predicted molar refractivity (Wildman–Crippen MR) is 127 cm³/mol. The lowest BCUT2D eigenvalue weighted by atomic mass is 9.45. The van der Waals surface area contributed by atoms with E-state index < -0.39 is 40.3 Å². The third kappa shape index (κ3) is 3.65. The lowest BCUT2D eigenvalue weighted by molar-refractivity contribution is -0.176. The van der Waals surface area contributed by atoms with Crippen molar-refractivity contribution < 1.29 is 35.4 Å². The summed E-state index contributed by atoms with van der Waals surface area (Å²) in [6, 6.07) is 0. The van der Waals surface area contributed by atoms with Crippen molar-refractivity contribution in [3.63, 3.8) is 0 Å². The molecule has 7 nitrogen and oxygen atoms in total. The van der Waals surface area contributed by atoms with E-state index in [0.717, 1.165) is 12.0 Å². The predicted octanol–water partition coefficient (Wildman–Crippen LogP) is 1.71. The van der Waals surface area contributed by atoms with Crippen LogP contribution in [-0.2, 0) is 4.79 Å². The minimum absolute atomic E-state index is 0.0326. The van der Waals surface area contributed by atoms with E-state index in [0.29, 0.717) is 38.5 Å². The normalized spacial score (nSPS) is 47.6. The molecule has 0 bridgehead atoms. The number of aliphatic hydroxyl groups is 6. The van der Waals surface area contributed by atoms with Crippen LogP contribution < -0.4 is 0 Å². The molecule has 34 heavy (non-hydrogen) atoms. The van der Waals surface area contributed by atoms with E-state index in [1.807, 2.05) is 20.8 Å². The fraction of sp³-hybridized carbons (Fsp3) is 0.889. The monoisotopic (exact) mass is 480 g/mol. The van der Waals surface area contributed by atoms with Crippen molar-refractivity contribution in [3.05, 3.63) is 11.6 Å². The first-order valence-corrected chi connectivity index (χ1v) is 13.1. The topological polar surface area (TPSA) is 138 Å². The van der Waals surface area contributed by atoms with Crippen LogP contribution >= 0.6 is 0 Å². The minimum atomic E-state index is -1.42. The molecular formula is C27H44O7. The lowest BCUT2D eigenvalue weighted by Crippen LogP contribution is -2.62. The van der Waals surface area contributed by atoms with Gasteiger partial charge in [0.1, 0.15) is 0 Å². The molecule has 0 aliphatic heterocycles. The minimum Gasteiger partial charge on any atom is -0.396 e. The van der Waals surface area contributed by atoms with Gasteiger partial charge in [0.25, 0.3) is 0 Å². The molecule has 0 radical (unpaired) electrons. The fourth-order valence-corrected chi connectivity index (χ4v) is 8.37. The highest BCUT2D eigenvalue weighted by Gasteiger charge is 2.69. The Bertz CT molecular complexity index is 839. The second kappa shape index (κ2) is 8.63. The van der Waals surface area contributed by atoms with E-state index in [1.54, 1.807) is 13.0 Å². The molecule has 3 fully saturated rings. The Labute approximate surface area is 202 Å². The highest BCUT2D eigenvalue weighted by atomic mass is 16.3. The van der Waals surface area contributed by atoms with Crippen molar-refractivity contribution >= 4 is 5.78 Å². The van der Waals surface area contributed by atoms with Crippen molar-refractivity contribution in [1.29, 1.82) is 0 Å². The van der Waals surface area contributed by atoms with E-state index in [4.69, 9.17) is 0 Å². The van der Waals surface area contributed by atoms with Gasteiger partial charge in [0, 0.05) is 17.9 Å². The Hall–Kier alpha value is -0.830. The van der Waals surface area contributed by atoms with Gasteiger partial charge in [0.2, 0.25) is 0 Å². The average molecular weight is 481 g/mol. The fourth-order valence-electron chi connectivity index (χ4n) is 8.37. The molecule has 4 aliphatic rings. The Balaban J connectivity index is 1.65. The highest BCUT2D eigenvalue weighted by molar-refractivity contribution is 5.95. The summed E-state index contributed by atoms with van der Waals surface area (Å²) < 4.78 is 0. The van der Waals surface area contributed by atoms with Gasteiger partial charge in [-0.05, 0) is 93.1 Å². The summed E-state index contributed by atoms with van der Waals surface area (Å²) in [5.74, 6) is -0.859. The van der Waals surface area contributed by atoms with Crippen LogP contribution in [0.2, 0.25) is 0 Å². The standard InChI is InChI=1S/C27H44O7/c1-15(14-28)5-6-23(32)26(4,33)22-8-10-27(34)17-11-19(29)18-12-20(30)21(31)13-24(18,2)16(17)7-9-25(22,27)3/h11,15-16,18,20-23,28,30-34H,5-10,12-14H2,1-4H3/t15-,16+,18+,20-,21+,22+,23-,24-,25-,26-,27+/m1/s1. The number of ketones is 1. The molecule has 4 aliphatic carbocycles. The number of fused-ring (bicyclic) bond motifs is 5. The summed E-state index contributed by atoms with van der Waals surface area (Å²) in [4.78, 5) is 13.3. The molecule has 0 aromatic carbocycles. The molecule has 0 amide bonds. The summed E-state index contributed by atoms with van der Waals surface area (Å²) >= 11 is 0. The summed E-state index contributed by atoms with van der Waals surface area (Å²) in [7, 11) is 0. The first kappa shape index (κ1) is 26.2. The molecule has 6 N–H and O–H groups in total. The van der Waals surface area contributed by atoms with Crippen molar-refractivity contribution in [3.8, 4) is 0 Å². The number of aliphatic hydroxyl groups excluding tert-OH is 4. The highest BCUT2D eigenvalue weighted by Crippen LogP contribution is 2.68. The molecule has 7 heteroatoms. The zero-order valence-corrected chi connectivity index (χ0v) is 21.1. The van der Waals surface area contributed by atoms with E-state index in [1.165, 1.54) is 0 Å². The summed E-state index contributed by atoms with van der Waals surface area (Å²) in [5, 5.41) is 64.7. The van der Waals surface area contributed by atoms with Gasteiger partial charge < -0.3 is 30.6 Å². The van der Waals surface area contributed by atoms with Gasteiger partial charge in [-0.25, -0.2) is 0 Å². The molecule has 0 saturated heterocycles. The molecule has 0 aromatic heterocycles. The van der Waals surface area contributed by atoms with E-state index in [-0.39, 0.29) is 42.5 Å². The maximum absolute atomic E-state index is 13.3. The number of carbonyl (C=O) groups excluding carboxylic acids is 1. The van der Waals surface area contributed by atoms with Crippen molar-refractivity contribution in [1.82, 2.24) is 0 Å². The van der Waals surface area contributed by atoms with Crippen LogP contribution in [0.1, 0.15) is 79.1 Å². The largest absolute Gasteiger partial charge is 0.396 e. The van der Waals surface area contributed by atoms with Crippen LogP contribution in [0.5, 0.6) is 0 Å². The Morgan fingerprint density at radius 2 is 1.79 bits per heavy atom. The van der Waals surface area contributed by atoms with Gasteiger partial charge in [-0.15, -0.1) is 0 Å². The second-order valence-electron chi connectivity index (χ2n) is 12.7. The van der Waals surface area contributed by atoms with Gasteiger partial charge in [-0.1, -0.05) is 20.8 Å². The number of hydrogen-bond donors (Lipinski definition) is 6. The zero-order valence-electron chi connectivity index (χ0n) is 21.1. The molecular weight excluding hydrogens is 436 g/mol. The van der Waals surface area contributed by atoms with E-state index in [9.17, 15) is 35.4 Å². The first-order chi connectivity index (χ1) is 15.7. The van der Waals surface area contributed by atoms with Crippen molar-refractivity contribution in [2.45, 2.75) is 109 Å². The van der Waals surface area contributed by atoms with Crippen LogP contribution in [0.4, 0.5) is 0 Å². The smallest absolute Gasteiger partial charge is 0.159 e. The lowest BCUT2D eigenvalue weighted by Gasteiger charge is -2.60. The molecule has 0 unspecified atom stereocenters. The number of carbonyl (C=O) groups is 1. The summed E-state index contributed by atoms with van der Waals surface area (Å²) in [6.45, 7) is 7.59. The molecule has 194 valence electrons. The summed E-state index contributed by atoms with van der Waals surface area (Å²) in [5.41, 5.74) is -3.21. The zero-order chi connectivity index (χ0) is 25.3. The molecule has 0 spiro atoms. The number of rotatable bonds is 6. The number of hydrogen-bond acceptors (Lipinski definition) is 7. The summed E-state index contributed by atoms with van der Waals surface area (Å²) in [6.07, 6.45) is 2.65. The maximum Gasteiger partial charge on any atom is 0.159 e. The van der Waals surface area contributed by atoms with Gasteiger partial charge in [0.05, 0.1) is 29.5 Å². The second-order valence-corrected chi connectivity index (χ2v) is 12.7. The Morgan fingerprint density at radius 3 is 2.44 bits per heavy atom. The molecule has 4 rings (SSSR count). The SMILES string of the molecule is C[C@@H](CO)CC[C@@H](O)[C@](C)(O)[C@H]1CC[C@]2(O)C3=CC(=O)[C@@H]4C[C@@H](O)[C@@H](O)C[C@]4(C)[C@H]3CC[C@]12C. The van der Waals surface area contributed by atoms with Crippen LogP contribution in [0, 0.1) is 34.5 Å². The van der Waals surface area contributed by atoms with E-state index >= 15 is 0 Å². The van der Waals surface area contributed by atoms with Crippen LogP contribution in [-0.4, -0.2) is 72.5 Å². The van der Waals surface area contributed by atoms with Crippen molar-refractivity contribution in [2.24, 2.45) is 34.5 Å². The van der Waals surface area contributed by atoms with Gasteiger partial charge in [-0.2, -0.15) is 0 Å². The van der Waals surface area contributed by atoms with Gasteiger partial charge >= 0.3 is 0 Å². The average Bonchev–Trinajstić information content (AvgIpc) is 3.06. The Kier molecular flexibility index (Phi) is 6.66. The van der Waals surface area contributed by atoms with Crippen LogP contribution in [0.3, 0.4) is 0 Å². The molecule has 0 aromatic rings. The van der Waals surface area contributed by atoms with Crippen molar-refractivity contribution in [2.75, 3.05) is 6.61 Å². The van der Waals surface area contributed by atoms with Crippen LogP contribution in [0.25, 0.3) is 0 Å². The molecule has 0 heterocycles. The van der Waals surface area contributed by atoms with E-state index in [2.05, 4.69) is 0 Å². The third-order valence-corrected chi connectivity index (χ3v) is 10.7. The quantitative estimate of drug-likeness (QED) is 0.340. The van der Waals surface area contributed by atoms with Crippen LogP contribution in [0.15, 0.2) is 11.6 Å². The third-order valence-electron chi connectivity index (χ3n) is 10.7. The first-order valence-electron chi connectivity index (χ1n) is 13.1. The molecule has 11 atom stereocenters. The van der Waals surface area contributed by atoms with Gasteiger partial charge in [0.15, 0.2) is 5.78 Å². The van der Waals surface area contributed by atoms with Gasteiger partial charge in [-0.3, -0.25) is 4.79 Å². The maximum atomic E-state index is 13.3. The Morgan fingerprint density at radius 1 is 1.12 bits per heavy atom.